The third-order valence-electron chi connectivity index (χ3n) is 4.30. The molecule has 0 heterocycles. The van der Waals surface area contributed by atoms with Gasteiger partial charge in [0.1, 0.15) is 23.2 Å². The molecule has 0 saturated carbocycles. The summed E-state index contributed by atoms with van der Waals surface area (Å²) < 4.78 is 12.0. The van der Waals surface area contributed by atoms with Crippen LogP contribution in [0.5, 0.6) is 11.5 Å². The summed E-state index contributed by atoms with van der Waals surface area (Å²) in [6.07, 6.45) is -1.41. The lowest BCUT2D eigenvalue weighted by molar-refractivity contribution is 0.256. The van der Waals surface area contributed by atoms with Crippen molar-refractivity contribution in [3.05, 3.63) is 95.6 Å². The van der Waals surface area contributed by atoms with Gasteiger partial charge in [0.25, 0.3) is 0 Å². The van der Waals surface area contributed by atoms with Crippen LogP contribution in [0.1, 0.15) is 28.9 Å². The van der Waals surface area contributed by atoms with Gasteiger partial charge in [-0.2, -0.15) is 0 Å². The highest BCUT2D eigenvalue weighted by molar-refractivity contribution is 5.84. The number of hydrogen-bond acceptors (Lipinski definition) is 4. The summed E-state index contributed by atoms with van der Waals surface area (Å²) in [7, 11) is 0. The Morgan fingerprint density at radius 3 is 1.41 bits per heavy atom. The minimum Gasteiger partial charge on any atom is -0.478 e. The molecule has 3 rings (SSSR count). The monoisotopic (exact) mass is 388 g/mol. The van der Waals surface area contributed by atoms with Crippen LogP contribution in [0.15, 0.2) is 78.9 Å². The first-order valence-electron chi connectivity index (χ1n) is 9.17. The maximum absolute atomic E-state index is 7.90. The predicted octanol–water partition coefficient (Wildman–Crippen LogP) is 4.11. The van der Waals surface area contributed by atoms with Crippen molar-refractivity contribution >= 4 is 11.7 Å². The molecule has 0 aliphatic heterocycles. The summed E-state index contributed by atoms with van der Waals surface area (Å²) in [6.45, 7) is 1.91. The number of hydrogen-bond donors (Lipinski definition) is 4. The number of rotatable bonds is 8. The second-order valence-corrected chi connectivity index (χ2v) is 6.71. The van der Waals surface area contributed by atoms with E-state index in [2.05, 4.69) is 0 Å². The molecule has 6 N–H and O–H groups in total. The molecule has 2 unspecified atom stereocenters. The molecule has 0 spiro atoms. The molecule has 29 heavy (non-hydrogen) atoms. The second kappa shape index (κ2) is 8.93. The van der Waals surface area contributed by atoms with Crippen molar-refractivity contribution in [3.63, 3.8) is 0 Å². The number of ether oxygens (including phenoxy) is 2. The number of nitrogens with one attached hydrogen (secondary N) is 2. The fraction of sp³-hybridized carbons (Fsp3) is 0.130. The van der Waals surface area contributed by atoms with E-state index in [9.17, 15) is 0 Å². The molecular formula is C23H24N4O2. The van der Waals surface area contributed by atoms with Crippen LogP contribution in [-0.4, -0.2) is 11.7 Å². The molecule has 0 aliphatic rings. The van der Waals surface area contributed by atoms with Gasteiger partial charge in [0, 0.05) is 6.07 Å². The Morgan fingerprint density at radius 2 is 1.07 bits per heavy atom. The van der Waals surface area contributed by atoms with Crippen LogP contribution >= 0.6 is 0 Å². The van der Waals surface area contributed by atoms with Gasteiger partial charge in [-0.3, -0.25) is 10.8 Å². The quantitative estimate of drug-likeness (QED) is 0.343. The van der Waals surface area contributed by atoms with Gasteiger partial charge in [-0.1, -0.05) is 60.7 Å². The zero-order valence-corrected chi connectivity index (χ0v) is 16.1. The van der Waals surface area contributed by atoms with Crippen molar-refractivity contribution in [2.75, 3.05) is 0 Å². The zero-order valence-electron chi connectivity index (χ0n) is 16.1. The summed E-state index contributed by atoms with van der Waals surface area (Å²) in [5.41, 5.74) is 14.0. The fourth-order valence-corrected chi connectivity index (χ4v) is 3.00. The van der Waals surface area contributed by atoms with Gasteiger partial charge in [0.05, 0.1) is 0 Å². The van der Waals surface area contributed by atoms with Gasteiger partial charge in [0.2, 0.25) is 0 Å². The van der Waals surface area contributed by atoms with Gasteiger partial charge < -0.3 is 20.9 Å². The molecule has 148 valence electrons. The van der Waals surface area contributed by atoms with Crippen molar-refractivity contribution in [3.8, 4) is 11.5 Å². The van der Waals surface area contributed by atoms with Gasteiger partial charge >= 0.3 is 0 Å². The molecule has 0 aliphatic carbocycles. The first-order valence-corrected chi connectivity index (χ1v) is 9.17. The highest BCUT2D eigenvalue weighted by Crippen LogP contribution is 2.30. The number of amidine groups is 2. The van der Waals surface area contributed by atoms with Gasteiger partial charge in [-0.25, -0.2) is 0 Å². The Bertz CT molecular complexity index is 913. The molecule has 0 fully saturated rings. The largest absolute Gasteiger partial charge is 0.478 e. The summed E-state index contributed by atoms with van der Waals surface area (Å²) in [5, 5.41) is 15.8. The van der Waals surface area contributed by atoms with E-state index in [-0.39, 0.29) is 11.7 Å². The third kappa shape index (κ3) is 5.13. The highest BCUT2D eigenvalue weighted by Gasteiger charge is 2.20. The Kier molecular flexibility index (Phi) is 6.14. The maximum atomic E-state index is 7.90. The van der Waals surface area contributed by atoms with E-state index in [0.29, 0.717) is 11.5 Å². The minimum atomic E-state index is -0.705. The smallest absolute Gasteiger partial charge is 0.180 e. The van der Waals surface area contributed by atoms with Crippen molar-refractivity contribution < 1.29 is 9.47 Å². The van der Waals surface area contributed by atoms with E-state index >= 15 is 0 Å². The highest BCUT2D eigenvalue weighted by atomic mass is 16.5. The first kappa shape index (κ1) is 19.9. The van der Waals surface area contributed by atoms with Gasteiger partial charge in [-0.15, -0.1) is 0 Å². The molecule has 0 saturated heterocycles. The zero-order chi connectivity index (χ0) is 20.8. The molecule has 6 nitrogen and oxygen atoms in total. The van der Waals surface area contributed by atoms with Crippen LogP contribution in [0.2, 0.25) is 0 Å². The summed E-state index contributed by atoms with van der Waals surface area (Å²) in [6, 6.07) is 24.1. The van der Waals surface area contributed by atoms with E-state index in [0.717, 1.165) is 16.7 Å². The van der Waals surface area contributed by atoms with Crippen LogP contribution in [0.25, 0.3) is 0 Å². The fourth-order valence-electron chi connectivity index (χ4n) is 3.00. The number of benzene rings is 3. The molecule has 3 aromatic rings. The average molecular weight is 388 g/mol. The molecule has 0 radical (unpaired) electrons. The molecule has 6 heteroatoms. The summed E-state index contributed by atoms with van der Waals surface area (Å²) in [5.74, 6) is 0.843. The van der Waals surface area contributed by atoms with Crippen LogP contribution in [0, 0.1) is 17.7 Å². The second-order valence-electron chi connectivity index (χ2n) is 6.71. The maximum Gasteiger partial charge on any atom is 0.180 e. The van der Waals surface area contributed by atoms with Crippen LogP contribution < -0.4 is 20.9 Å². The Balaban J connectivity index is 1.87. The normalized spacial score (nSPS) is 12.6. The average Bonchev–Trinajstić information content (AvgIpc) is 2.71. The molecule has 3 aromatic carbocycles. The minimum absolute atomic E-state index is 0.0916. The van der Waals surface area contributed by atoms with Crippen LogP contribution in [0.3, 0.4) is 0 Å². The predicted molar refractivity (Wildman–Crippen MR) is 115 cm³/mol. The molecule has 0 aromatic heterocycles. The van der Waals surface area contributed by atoms with E-state index in [1.807, 2.05) is 79.7 Å². The number of nitrogens with two attached hydrogens (primary N) is 2. The van der Waals surface area contributed by atoms with Gasteiger partial charge in [0.15, 0.2) is 12.2 Å². The lowest BCUT2D eigenvalue weighted by Gasteiger charge is -2.21. The van der Waals surface area contributed by atoms with E-state index in [1.165, 1.54) is 0 Å². The van der Waals surface area contributed by atoms with Crippen molar-refractivity contribution in [2.24, 2.45) is 11.5 Å². The molecule has 0 bridgehead atoms. The Labute approximate surface area is 170 Å². The number of aryl methyl sites for hydroxylation is 1. The van der Waals surface area contributed by atoms with Crippen LogP contribution in [-0.2, 0) is 0 Å². The van der Waals surface area contributed by atoms with E-state index in [1.54, 1.807) is 6.07 Å². The topological polar surface area (TPSA) is 118 Å². The first-order chi connectivity index (χ1) is 13.9. The van der Waals surface area contributed by atoms with E-state index in [4.69, 9.17) is 31.8 Å². The summed E-state index contributed by atoms with van der Waals surface area (Å²) >= 11 is 0. The van der Waals surface area contributed by atoms with Crippen molar-refractivity contribution in [1.29, 1.82) is 10.8 Å². The Morgan fingerprint density at radius 1 is 0.690 bits per heavy atom. The van der Waals surface area contributed by atoms with Crippen molar-refractivity contribution in [2.45, 2.75) is 19.1 Å². The summed E-state index contributed by atoms with van der Waals surface area (Å²) in [4.78, 5) is 0. The van der Waals surface area contributed by atoms with Gasteiger partial charge in [-0.05, 0) is 35.7 Å². The van der Waals surface area contributed by atoms with E-state index < -0.39 is 12.2 Å². The Hall–Kier alpha value is -3.80. The van der Waals surface area contributed by atoms with Crippen LogP contribution in [0.4, 0.5) is 0 Å². The lowest BCUT2D eigenvalue weighted by atomic mass is 10.1. The lowest BCUT2D eigenvalue weighted by Crippen LogP contribution is -2.26. The third-order valence-corrected chi connectivity index (χ3v) is 4.30. The molecule has 0 amide bonds. The standard InChI is InChI=1S/C23H24N4O2/c1-15-12-18(28-20(22(24)25)16-8-4-2-5-9-16)14-19(13-15)29-21(23(26)27)17-10-6-3-7-11-17/h2-14,20-21H,1H3,(H3,24,25)(H3,26,27). The molecule has 2 atom stereocenters. The molecular weight excluding hydrogens is 364 g/mol. The SMILES string of the molecule is Cc1cc(OC(C(=N)N)c2ccccc2)cc(OC(C(=N)N)c2ccccc2)c1. The van der Waals surface area contributed by atoms with Crippen molar-refractivity contribution in [1.82, 2.24) is 0 Å².